The third-order valence-electron chi connectivity index (χ3n) is 6.80. The van der Waals surface area contributed by atoms with E-state index in [-0.39, 0.29) is 28.5 Å². The summed E-state index contributed by atoms with van der Waals surface area (Å²) in [7, 11) is -2.82. The van der Waals surface area contributed by atoms with Crippen molar-refractivity contribution in [2.45, 2.75) is 61.7 Å². The second kappa shape index (κ2) is 14.0. The standard InChI is InChI=1S/C19H16O2S.C11H22O4S/c20-16-6-10-18(11-7-16)22(14-15-4-2-1-3-5-15)19-12-8-17(21)9-13-19;1-8(2)10-6-5-9(3)7-11(10)15-16(12,13)14-4/h1-13H,14H2,(H-,20,21);8-11H,5-7H2,1-4H3/p+1. The van der Waals surface area contributed by atoms with Gasteiger partial charge in [0, 0.05) is 5.56 Å². The summed E-state index contributed by atoms with van der Waals surface area (Å²) in [5.74, 6) is 2.71. The maximum atomic E-state index is 11.3. The summed E-state index contributed by atoms with van der Waals surface area (Å²) in [6.07, 6.45) is 2.75. The second-order valence-electron chi connectivity index (χ2n) is 10.0. The fourth-order valence-corrected chi connectivity index (χ4v) is 7.34. The predicted molar refractivity (Wildman–Crippen MR) is 152 cm³/mol. The fraction of sp³-hybridized carbons (Fsp3) is 0.400. The van der Waals surface area contributed by atoms with Crippen molar-refractivity contribution < 1.29 is 27.0 Å². The zero-order chi connectivity index (χ0) is 27.7. The van der Waals surface area contributed by atoms with E-state index in [4.69, 9.17) is 4.18 Å². The number of hydrogen-bond donors (Lipinski definition) is 2. The second-order valence-corrected chi connectivity index (χ2v) is 13.4. The molecule has 6 nitrogen and oxygen atoms in total. The lowest BCUT2D eigenvalue weighted by Gasteiger charge is -2.36. The first-order valence-corrected chi connectivity index (χ1v) is 15.6. The Kier molecular flexibility index (Phi) is 11.1. The third kappa shape index (κ3) is 9.05. The highest BCUT2D eigenvalue weighted by Crippen LogP contribution is 2.36. The van der Waals surface area contributed by atoms with Crippen LogP contribution in [0.1, 0.15) is 45.6 Å². The van der Waals surface area contributed by atoms with E-state index in [9.17, 15) is 18.6 Å². The first-order chi connectivity index (χ1) is 18.1. The van der Waals surface area contributed by atoms with Crippen LogP contribution in [0.4, 0.5) is 0 Å². The Morgan fingerprint density at radius 2 is 1.39 bits per heavy atom. The molecule has 3 aromatic carbocycles. The van der Waals surface area contributed by atoms with E-state index in [1.807, 2.05) is 42.5 Å². The van der Waals surface area contributed by atoms with Crippen LogP contribution >= 0.6 is 0 Å². The van der Waals surface area contributed by atoms with Gasteiger partial charge >= 0.3 is 10.4 Å². The molecule has 0 amide bonds. The van der Waals surface area contributed by atoms with Gasteiger partial charge in [-0.2, -0.15) is 8.42 Å². The van der Waals surface area contributed by atoms with Crippen molar-refractivity contribution in [3.8, 4) is 11.5 Å². The summed E-state index contributed by atoms with van der Waals surface area (Å²) in [5.41, 5.74) is 1.27. The van der Waals surface area contributed by atoms with Gasteiger partial charge in [0.05, 0.1) is 24.1 Å². The van der Waals surface area contributed by atoms with Crippen molar-refractivity contribution in [3.63, 3.8) is 0 Å². The smallest absolute Gasteiger partial charge is 0.399 e. The summed E-state index contributed by atoms with van der Waals surface area (Å²) in [5, 5.41) is 19.0. The molecular formula is C30H39O6S2+. The van der Waals surface area contributed by atoms with Gasteiger partial charge in [-0.05, 0) is 79.1 Å². The topological polar surface area (TPSA) is 93.1 Å². The number of hydrogen-bond acceptors (Lipinski definition) is 6. The van der Waals surface area contributed by atoms with Crippen LogP contribution in [0.3, 0.4) is 0 Å². The summed E-state index contributed by atoms with van der Waals surface area (Å²) in [6.45, 7) is 6.35. The largest absolute Gasteiger partial charge is 0.508 e. The average Bonchev–Trinajstić information content (AvgIpc) is 2.89. The Morgan fingerprint density at radius 3 is 1.87 bits per heavy atom. The molecule has 1 aliphatic carbocycles. The van der Waals surface area contributed by atoms with Gasteiger partial charge in [-0.3, -0.25) is 4.18 Å². The van der Waals surface area contributed by atoms with E-state index in [0.29, 0.717) is 17.8 Å². The molecule has 38 heavy (non-hydrogen) atoms. The first-order valence-electron chi connectivity index (χ1n) is 12.9. The summed E-state index contributed by atoms with van der Waals surface area (Å²) in [6, 6.07) is 25.1. The van der Waals surface area contributed by atoms with Gasteiger partial charge in [0.15, 0.2) is 9.79 Å². The first kappa shape index (κ1) is 30.0. The Bertz CT molecular complexity index is 1170. The molecule has 1 saturated carbocycles. The van der Waals surface area contributed by atoms with Gasteiger partial charge in [-0.25, -0.2) is 4.18 Å². The van der Waals surface area contributed by atoms with Crippen LogP contribution in [0, 0.1) is 17.8 Å². The highest BCUT2D eigenvalue weighted by molar-refractivity contribution is 7.96. The van der Waals surface area contributed by atoms with E-state index in [2.05, 4.69) is 37.1 Å². The Balaban J connectivity index is 0.000000223. The minimum Gasteiger partial charge on any atom is -0.508 e. The molecular weight excluding hydrogens is 520 g/mol. The lowest BCUT2D eigenvalue weighted by atomic mass is 9.75. The van der Waals surface area contributed by atoms with Crippen LogP contribution in [0.2, 0.25) is 0 Å². The van der Waals surface area contributed by atoms with Crippen LogP contribution in [0.5, 0.6) is 11.5 Å². The van der Waals surface area contributed by atoms with Crippen LogP contribution in [0.15, 0.2) is 88.7 Å². The molecule has 0 saturated heterocycles. The van der Waals surface area contributed by atoms with E-state index >= 15 is 0 Å². The number of benzene rings is 3. The molecule has 0 radical (unpaired) electrons. The molecule has 0 bridgehead atoms. The molecule has 8 heteroatoms. The lowest BCUT2D eigenvalue weighted by Crippen LogP contribution is -2.36. The predicted octanol–water partition coefficient (Wildman–Crippen LogP) is 6.69. The average molecular weight is 560 g/mol. The van der Waals surface area contributed by atoms with E-state index in [1.165, 1.54) is 15.4 Å². The van der Waals surface area contributed by atoms with Crippen LogP contribution in [-0.2, 0) is 35.4 Å². The number of phenols is 2. The van der Waals surface area contributed by atoms with E-state index in [0.717, 1.165) is 32.1 Å². The number of rotatable bonds is 8. The third-order valence-corrected chi connectivity index (χ3v) is 10.00. The number of aromatic hydroxyl groups is 2. The van der Waals surface area contributed by atoms with Gasteiger partial charge < -0.3 is 10.2 Å². The zero-order valence-electron chi connectivity index (χ0n) is 22.5. The van der Waals surface area contributed by atoms with Crippen molar-refractivity contribution in [3.05, 3.63) is 84.4 Å². The highest BCUT2D eigenvalue weighted by atomic mass is 32.3. The van der Waals surface area contributed by atoms with Crippen molar-refractivity contribution in [2.75, 3.05) is 7.11 Å². The van der Waals surface area contributed by atoms with Crippen LogP contribution < -0.4 is 0 Å². The summed E-state index contributed by atoms with van der Waals surface area (Å²) < 4.78 is 32.1. The van der Waals surface area contributed by atoms with Gasteiger partial charge in [0.1, 0.15) is 17.3 Å². The van der Waals surface area contributed by atoms with Gasteiger partial charge in [0.25, 0.3) is 0 Å². The van der Waals surface area contributed by atoms with Gasteiger partial charge in [-0.1, -0.05) is 57.5 Å². The molecule has 0 aliphatic heterocycles. The molecule has 0 spiro atoms. The maximum absolute atomic E-state index is 11.3. The fourth-order valence-electron chi connectivity index (χ4n) is 4.68. The quantitative estimate of drug-likeness (QED) is 0.299. The molecule has 2 N–H and O–H groups in total. The molecule has 3 aromatic rings. The maximum Gasteiger partial charge on any atom is 0.399 e. The molecule has 1 fully saturated rings. The monoisotopic (exact) mass is 559 g/mol. The van der Waals surface area contributed by atoms with Crippen LogP contribution in [-0.4, -0.2) is 31.8 Å². The SMILES string of the molecule is COS(=O)(=O)OC1CC(C)CCC1C(C)C.Oc1ccc([S+](Cc2ccccc2)c2ccc(O)cc2)cc1. The van der Waals surface area contributed by atoms with Crippen molar-refractivity contribution in [1.29, 1.82) is 0 Å². The molecule has 0 aromatic heterocycles. The van der Waals surface area contributed by atoms with Crippen molar-refractivity contribution in [2.24, 2.45) is 17.8 Å². The minimum atomic E-state index is -3.81. The molecule has 0 heterocycles. The van der Waals surface area contributed by atoms with Crippen molar-refractivity contribution >= 4 is 21.3 Å². The minimum absolute atomic E-state index is 0.141. The van der Waals surface area contributed by atoms with E-state index < -0.39 is 10.4 Å². The summed E-state index contributed by atoms with van der Waals surface area (Å²) >= 11 is 0. The zero-order valence-corrected chi connectivity index (χ0v) is 24.1. The lowest BCUT2D eigenvalue weighted by molar-refractivity contribution is 0.0394. The van der Waals surface area contributed by atoms with Gasteiger partial charge in [-0.15, -0.1) is 0 Å². The van der Waals surface area contributed by atoms with Gasteiger partial charge in [0.2, 0.25) is 0 Å². The Labute approximate surface area is 230 Å². The Hall–Kier alpha value is -2.52. The Morgan fingerprint density at radius 1 is 0.868 bits per heavy atom. The normalized spacial score (nSPS) is 19.7. The van der Waals surface area contributed by atoms with E-state index in [1.54, 1.807) is 24.3 Å². The molecule has 3 unspecified atom stereocenters. The van der Waals surface area contributed by atoms with Crippen LogP contribution in [0.25, 0.3) is 0 Å². The number of phenolic OH excluding ortho intramolecular Hbond substituents is 2. The molecule has 206 valence electrons. The molecule has 1 aliphatic rings. The van der Waals surface area contributed by atoms with Crippen molar-refractivity contribution in [1.82, 2.24) is 0 Å². The molecule has 4 rings (SSSR count). The highest BCUT2D eigenvalue weighted by Gasteiger charge is 2.34. The molecule has 3 atom stereocenters. The summed E-state index contributed by atoms with van der Waals surface area (Å²) in [4.78, 5) is 2.35.